The summed E-state index contributed by atoms with van der Waals surface area (Å²) in [6, 6.07) is 0.407. The minimum absolute atomic E-state index is 0.407. The molecule has 7 nitrogen and oxygen atoms in total. The summed E-state index contributed by atoms with van der Waals surface area (Å²) in [4.78, 5) is 7.19. The highest BCUT2D eigenvalue weighted by Gasteiger charge is 2.21. The predicted molar refractivity (Wildman–Crippen MR) is 106 cm³/mol. The fourth-order valence-corrected chi connectivity index (χ4v) is 3.52. The van der Waals surface area contributed by atoms with Crippen LogP contribution in [-0.2, 0) is 11.8 Å². The number of anilines is 1. The van der Waals surface area contributed by atoms with Crippen LogP contribution in [0.2, 0.25) is 0 Å². The number of nitrogens with zero attached hydrogens (tertiary/aromatic N) is 4. The van der Waals surface area contributed by atoms with Crippen LogP contribution in [0.4, 0.5) is 5.69 Å². The number of guanidine groups is 1. The van der Waals surface area contributed by atoms with E-state index in [-0.39, 0.29) is 0 Å². The molecule has 1 unspecified atom stereocenters. The zero-order chi connectivity index (χ0) is 18.2. The van der Waals surface area contributed by atoms with Gasteiger partial charge in [-0.2, -0.15) is 5.10 Å². The molecule has 2 aliphatic rings. The van der Waals surface area contributed by atoms with Crippen molar-refractivity contribution in [2.24, 2.45) is 12.0 Å². The van der Waals surface area contributed by atoms with Crippen LogP contribution in [0.25, 0.3) is 0 Å². The van der Waals surface area contributed by atoms with Gasteiger partial charge < -0.3 is 20.3 Å². The summed E-state index contributed by atoms with van der Waals surface area (Å²) in [7, 11) is 1.97. The molecule has 0 saturated carbocycles. The molecular formula is C19H32N6O. The fraction of sp³-hybridized carbons (Fsp3) is 0.684. The molecule has 0 aliphatic carbocycles. The molecule has 3 heterocycles. The maximum absolute atomic E-state index is 5.37. The molecule has 0 bridgehead atoms. The van der Waals surface area contributed by atoms with Crippen LogP contribution in [0.15, 0.2) is 29.0 Å². The Morgan fingerprint density at radius 1 is 1.46 bits per heavy atom. The smallest absolute Gasteiger partial charge is 0.191 e. The van der Waals surface area contributed by atoms with Crippen LogP contribution in [0, 0.1) is 0 Å². The normalized spacial score (nSPS) is 21.5. The summed E-state index contributed by atoms with van der Waals surface area (Å²) in [6.45, 7) is 7.48. The third-order valence-corrected chi connectivity index (χ3v) is 4.92. The summed E-state index contributed by atoms with van der Waals surface area (Å²) < 4.78 is 7.23. The second-order valence-corrected chi connectivity index (χ2v) is 7.00. The molecule has 1 aromatic heterocycles. The number of aliphatic imine (C=N–C) groups is 1. The molecule has 1 atom stereocenters. The first kappa shape index (κ1) is 18.8. The van der Waals surface area contributed by atoms with E-state index in [0.29, 0.717) is 6.04 Å². The van der Waals surface area contributed by atoms with Crippen LogP contribution < -0.4 is 15.5 Å². The number of nitrogens with one attached hydrogen (secondary N) is 2. The molecule has 1 saturated heterocycles. The summed E-state index contributed by atoms with van der Waals surface area (Å²) in [5.74, 6) is 0.929. The highest BCUT2D eigenvalue weighted by atomic mass is 16.5. The molecule has 1 aromatic rings. The lowest BCUT2D eigenvalue weighted by molar-refractivity contribution is 0.153. The highest BCUT2D eigenvalue weighted by Crippen LogP contribution is 2.19. The van der Waals surface area contributed by atoms with E-state index in [2.05, 4.69) is 39.8 Å². The van der Waals surface area contributed by atoms with Gasteiger partial charge in [0.15, 0.2) is 5.96 Å². The first-order valence-electron chi connectivity index (χ1n) is 9.78. The quantitative estimate of drug-likeness (QED) is 0.459. The molecule has 0 spiro atoms. The SMILES string of the molecule is CCNC(=NCCC1=CCOCC1)NC1CCCN(c2cnn(C)c2)C1. The number of ether oxygens (including phenoxy) is 1. The summed E-state index contributed by atoms with van der Waals surface area (Å²) >= 11 is 0. The van der Waals surface area contributed by atoms with Gasteiger partial charge in [0.1, 0.15) is 0 Å². The minimum atomic E-state index is 0.407. The van der Waals surface area contributed by atoms with E-state index in [0.717, 1.165) is 58.2 Å². The summed E-state index contributed by atoms with van der Waals surface area (Å²) in [6.07, 6.45) is 10.6. The number of hydrogen-bond acceptors (Lipinski definition) is 4. The second-order valence-electron chi connectivity index (χ2n) is 7.00. The standard InChI is InChI=1S/C19H32N6O/c1-3-20-19(21-9-6-16-7-11-26-12-8-16)23-17-5-4-10-25(14-17)18-13-22-24(2)15-18/h7,13,15,17H,3-6,8-12,14H2,1-2H3,(H2,20,21,23). The van der Waals surface area contributed by atoms with Crippen LogP contribution >= 0.6 is 0 Å². The van der Waals surface area contributed by atoms with Crippen molar-refractivity contribution >= 4 is 11.6 Å². The van der Waals surface area contributed by atoms with Crippen molar-refractivity contribution in [1.29, 1.82) is 0 Å². The lowest BCUT2D eigenvalue weighted by Gasteiger charge is -2.34. The monoisotopic (exact) mass is 360 g/mol. The first-order chi connectivity index (χ1) is 12.7. The van der Waals surface area contributed by atoms with Gasteiger partial charge in [0.2, 0.25) is 0 Å². The third kappa shape index (κ3) is 5.49. The Morgan fingerprint density at radius 3 is 3.12 bits per heavy atom. The van der Waals surface area contributed by atoms with E-state index in [9.17, 15) is 0 Å². The molecule has 144 valence electrons. The molecule has 26 heavy (non-hydrogen) atoms. The Balaban J connectivity index is 1.52. The van der Waals surface area contributed by atoms with E-state index in [1.165, 1.54) is 24.1 Å². The van der Waals surface area contributed by atoms with Crippen molar-refractivity contribution in [3.8, 4) is 0 Å². The van der Waals surface area contributed by atoms with Crippen LogP contribution in [-0.4, -0.2) is 61.2 Å². The number of hydrogen-bond donors (Lipinski definition) is 2. The van der Waals surface area contributed by atoms with Gasteiger partial charge in [-0.3, -0.25) is 9.67 Å². The first-order valence-corrected chi connectivity index (χ1v) is 9.78. The number of piperidine rings is 1. The van der Waals surface area contributed by atoms with Crippen molar-refractivity contribution in [3.63, 3.8) is 0 Å². The van der Waals surface area contributed by atoms with E-state index >= 15 is 0 Å². The van der Waals surface area contributed by atoms with Gasteiger partial charge in [-0.25, -0.2) is 0 Å². The van der Waals surface area contributed by atoms with Crippen molar-refractivity contribution in [1.82, 2.24) is 20.4 Å². The maximum Gasteiger partial charge on any atom is 0.191 e. The third-order valence-electron chi connectivity index (χ3n) is 4.92. The van der Waals surface area contributed by atoms with Gasteiger partial charge in [-0.05, 0) is 32.6 Å². The van der Waals surface area contributed by atoms with E-state index in [1.54, 1.807) is 0 Å². The van der Waals surface area contributed by atoms with Gasteiger partial charge in [-0.15, -0.1) is 0 Å². The summed E-state index contributed by atoms with van der Waals surface area (Å²) in [5.41, 5.74) is 2.67. The Bertz CT molecular complexity index is 623. The maximum atomic E-state index is 5.37. The molecule has 0 radical (unpaired) electrons. The second kappa shape index (κ2) is 9.62. The molecule has 3 rings (SSSR count). The van der Waals surface area contributed by atoms with Gasteiger partial charge in [0.25, 0.3) is 0 Å². The van der Waals surface area contributed by atoms with E-state index < -0.39 is 0 Å². The van der Waals surface area contributed by atoms with Crippen molar-refractivity contribution in [2.75, 3.05) is 44.3 Å². The van der Waals surface area contributed by atoms with Gasteiger partial charge >= 0.3 is 0 Å². The molecular weight excluding hydrogens is 328 g/mol. The molecule has 2 N–H and O–H groups in total. The van der Waals surface area contributed by atoms with Gasteiger partial charge in [0, 0.05) is 45.5 Å². The van der Waals surface area contributed by atoms with Crippen LogP contribution in [0.5, 0.6) is 0 Å². The highest BCUT2D eigenvalue weighted by molar-refractivity contribution is 5.80. The van der Waals surface area contributed by atoms with E-state index in [4.69, 9.17) is 9.73 Å². The average Bonchev–Trinajstić information content (AvgIpc) is 3.09. The van der Waals surface area contributed by atoms with Gasteiger partial charge in [-0.1, -0.05) is 11.6 Å². The fourth-order valence-electron chi connectivity index (χ4n) is 3.52. The zero-order valence-electron chi connectivity index (χ0n) is 16.1. The Labute approximate surface area is 156 Å². The molecule has 2 aliphatic heterocycles. The number of rotatable bonds is 6. The largest absolute Gasteiger partial charge is 0.377 e. The minimum Gasteiger partial charge on any atom is -0.377 e. The Morgan fingerprint density at radius 2 is 2.38 bits per heavy atom. The zero-order valence-corrected chi connectivity index (χ0v) is 16.1. The van der Waals surface area contributed by atoms with Crippen molar-refractivity contribution < 1.29 is 4.74 Å². The Kier molecular flexibility index (Phi) is 6.94. The molecule has 1 fully saturated rings. The van der Waals surface area contributed by atoms with E-state index in [1.807, 2.05) is 17.9 Å². The van der Waals surface area contributed by atoms with Crippen molar-refractivity contribution in [2.45, 2.75) is 38.6 Å². The molecule has 0 aromatic carbocycles. The van der Waals surface area contributed by atoms with Gasteiger partial charge in [0.05, 0.1) is 25.1 Å². The predicted octanol–water partition coefficient (Wildman–Crippen LogP) is 1.68. The lowest BCUT2D eigenvalue weighted by Crippen LogP contribution is -2.51. The molecule has 0 amide bonds. The lowest BCUT2D eigenvalue weighted by atomic mass is 10.1. The Hall–Kier alpha value is -2.02. The van der Waals surface area contributed by atoms with Crippen LogP contribution in [0.1, 0.15) is 32.6 Å². The molecule has 7 heteroatoms. The number of aromatic nitrogens is 2. The number of aryl methyl sites for hydroxylation is 1. The topological polar surface area (TPSA) is 66.7 Å². The summed E-state index contributed by atoms with van der Waals surface area (Å²) in [5, 5.41) is 11.3. The van der Waals surface area contributed by atoms with Crippen LogP contribution in [0.3, 0.4) is 0 Å². The van der Waals surface area contributed by atoms with Crippen molar-refractivity contribution in [3.05, 3.63) is 24.0 Å². The average molecular weight is 361 g/mol.